The second-order valence-electron chi connectivity index (χ2n) is 11.1. The van der Waals surface area contributed by atoms with Crippen molar-refractivity contribution < 1.29 is 14.2 Å². The average Bonchev–Trinajstić information content (AvgIpc) is 3.50. The summed E-state index contributed by atoms with van der Waals surface area (Å²) in [6.45, 7) is 3.06. The lowest BCUT2D eigenvalue weighted by molar-refractivity contribution is 0.188. The van der Waals surface area contributed by atoms with Crippen LogP contribution in [0.1, 0.15) is 25.7 Å². The normalized spacial score (nSPS) is 23.3. The van der Waals surface area contributed by atoms with Crippen molar-refractivity contribution >= 4 is 39.1 Å². The summed E-state index contributed by atoms with van der Waals surface area (Å²) in [5.41, 5.74) is 0.903. The minimum Gasteiger partial charge on any atom is -0.508 e. The van der Waals surface area contributed by atoms with Crippen LogP contribution >= 0.6 is 11.6 Å². The van der Waals surface area contributed by atoms with Gasteiger partial charge in [0.05, 0.1) is 5.02 Å². The van der Waals surface area contributed by atoms with Crippen molar-refractivity contribution in [2.75, 3.05) is 38.2 Å². The van der Waals surface area contributed by atoms with Gasteiger partial charge < -0.3 is 25.0 Å². The van der Waals surface area contributed by atoms with Crippen molar-refractivity contribution in [3.8, 4) is 22.9 Å². The predicted molar refractivity (Wildman–Crippen MR) is 152 cm³/mol. The standard InChI is InChI=1S/C30H31ClFN5O2/c1-36-10-4-6-20(36)16-39-30-34-28-24(29(35-30)37-14-18-8-9-19(15-37)33-18)13-25(31)26(27(28)32)23-12-21(38)11-17-5-2-3-7-22(17)23/h2-3,5,7,11-13,18-20,33,38H,4,6,8-10,14-16H2,1H3. The highest BCUT2D eigenvalue weighted by molar-refractivity contribution is 6.35. The van der Waals surface area contributed by atoms with E-state index in [9.17, 15) is 5.11 Å². The number of nitrogens with one attached hydrogen (secondary N) is 1. The van der Waals surface area contributed by atoms with Crippen molar-refractivity contribution in [1.29, 1.82) is 0 Å². The van der Waals surface area contributed by atoms with E-state index in [4.69, 9.17) is 21.3 Å². The van der Waals surface area contributed by atoms with Crippen molar-refractivity contribution in [1.82, 2.24) is 20.2 Å². The minimum absolute atomic E-state index is 0.0450. The second-order valence-corrected chi connectivity index (χ2v) is 11.5. The maximum Gasteiger partial charge on any atom is 0.319 e. The fourth-order valence-electron chi connectivity index (χ4n) is 6.54. The number of aromatic nitrogens is 2. The smallest absolute Gasteiger partial charge is 0.319 e. The van der Waals surface area contributed by atoms with E-state index in [0.717, 1.165) is 56.1 Å². The van der Waals surface area contributed by atoms with Crippen LogP contribution in [0.25, 0.3) is 32.8 Å². The van der Waals surface area contributed by atoms with Gasteiger partial charge in [-0.3, -0.25) is 0 Å². The Morgan fingerprint density at radius 1 is 1.08 bits per heavy atom. The van der Waals surface area contributed by atoms with E-state index >= 15 is 4.39 Å². The Labute approximate surface area is 231 Å². The monoisotopic (exact) mass is 547 g/mol. The molecule has 7 rings (SSSR count). The number of piperazine rings is 1. The largest absolute Gasteiger partial charge is 0.508 e. The summed E-state index contributed by atoms with van der Waals surface area (Å²) in [5.74, 6) is 0.155. The summed E-state index contributed by atoms with van der Waals surface area (Å²) in [6.07, 6.45) is 4.42. The van der Waals surface area contributed by atoms with Gasteiger partial charge in [-0.25, -0.2) is 4.39 Å². The van der Waals surface area contributed by atoms with E-state index < -0.39 is 5.82 Å². The molecule has 3 atom stereocenters. The number of likely N-dealkylation sites (tertiary alicyclic amines) is 1. The van der Waals surface area contributed by atoms with Crippen LogP contribution in [-0.4, -0.2) is 71.4 Å². The lowest BCUT2D eigenvalue weighted by atomic mass is 9.96. The van der Waals surface area contributed by atoms with Crippen LogP contribution in [0.15, 0.2) is 42.5 Å². The fourth-order valence-corrected chi connectivity index (χ4v) is 6.84. The Hall–Kier alpha value is -3.20. The van der Waals surface area contributed by atoms with Crippen LogP contribution < -0.4 is 15.0 Å². The number of ether oxygens (including phenoxy) is 1. The van der Waals surface area contributed by atoms with E-state index in [0.29, 0.717) is 35.5 Å². The van der Waals surface area contributed by atoms with Gasteiger partial charge in [-0.05, 0) is 73.8 Å². The van der Waals surface area contributed by atoms with Crippen LogP contribution in [0.4, 0.5) is 10.2 Å². The Morgan fingerprint density at radius 3 is 2.64 bits per heavy atom. The van der Waals surface area contributed by atoms with Crippen LogP contribution in [0.5, 0.6) is 11.8 Å². The van der Waals surface area contributed by atoms with Crippen LogP contribution in [0.3, 0.4) is 0 Å². The molecule has 39 heavy (non-hydrogen) atoms. The van der Waals surface area contributed by atoms with Gasteiger partial charge in [0.25, 0.3) is 0 Å². The molecule has 3 unspecified atom stereocenters. The molecule has 3 fully saturated rings. The quantitative estimate of drug-likeness (QED) is 0.348. The van der Waals surface area contributed by atoms with Gasteiger partial charge in [0.15, 0.2) is 5.82 Å². The third-order valence-corrected chi connectivity index (χ3v) is 8.85. The summed E-state index contributed by atoms with van der Waals surface area (Å²) in [7, 11) is 2.09. The van der Waals surface area contributed by atoms with Gasteiger partial charge in [0, 0.05) is 42.2 Å². The molecule has 2 bridgehead atoms. The number of anilines is 1. The van der Waals surface area contributed by atoms with Gasteiger partial charge in [-0.1, -0.05) is 35.9 Å². The molecule has 0 saturated carbocycles. The molecule has 0 radical (unpaired) electrons. The highest BCUT2D eigenvalue weighted by Crippen LogP contribution is 2.43. The van der Waals surface area contributed by atoms with E-state index in [1.54, 1.807) is 18.2 Å². The molecule has 4 heterocycles. The third-order valence-electron chi connectivity index (χ3n) is 8.55. The molecule has 9 heteroatoms. The molecule has 3 aliphatic rings. The van der Waals surface area contributed by atoms with E-state index in [-0.39, 0.29) is 33.9 Å². The zero-order valence-corrected chi connectivity index (χ0v) is 22.6. The number of phenolic OH excluding ortho intramolecular Hbond substituents is 1. The van der Waals surface area contributed by atoms with Gasteiger partial charge in [0.2, 0.25) is 0 Å². The fraction of sp³-hybridized carbons (Fsp3) is 0.400. The summed E-state index contributed by atoms with van der Waals surface area (Å²) >= 11 is 6.83. The lowest BCUT2D eigenvalue weighted by Gasteiger charge is -2.34. The first-order valence-corrected chi connectivity index (χ1v) is 14.1. The van der Waals surface area contributed by atoms with E-state index in [2.05, 4.69) is 27.1 Å². The molecule has 4 aromatic rings. The Bertz CT molecular complexity index is 1570. The zero-order valence-electron chi connectivity index (χ0n) is 21.8. The van der Waals surface area contributed by atoms with Crippen LogP contribution in [0.2, 0.25) is 5.02 Å². The number of hydrogen-bond donors (Lipinski definition) is 2. The number of fused-ring (bicyclic) bond motifs is 4. The van der Waals surface area contributed by atoms with Crippen molar-refractivity contribution in [3.05, 3.63) is 53.3 Å². The van der Waals surface area contributed by atoms with Gasteiger partial charge in [-0.2, -0.15) is 9.97 Å². The molecule has 3 saturated heterocycles. The Kier molecular flexibility index (Phi) is 6.21. The highest BCUT2D eigenvalue weighted by atomic mass is 35.5. The molecule has 3 aliphatic heterocycles. The van der Waals surface area contributed by atoms with E-state index in [1.807, 2.05) is 24.3 Å². The SMILES string of the molecule is CN1CCCC1COc1nc(N2CC3CCC(C2)N3)c2cc(Cl)c(-c3cc(O)cc4ccccc34)c(F)c2n1. The van der Waals surface area contributed by atoms with Gasteiger partial charge in [0.1, 0.15) is 23.7 Å². The number of halogens is 2. The van der Waals surface area contributed by atoms with Gasteiger partial charge >= 0.3 is 6.01 Å². The molecule has 0 spiro atoms. The van der Waals surface area contributed by atoms with E-state index in [1.165, 1.54) is 0 Å². The Balaban J connectivity index is 1.39. The molecular formula is C30H31ClFN5O2. The first-order chi connectivity index (χ1) is 18.9. The maximum absolute atomic E-state index is 16.6. The number of phenols is 1. The summed E-state index contributed by atoms with van der Waals surface area (Å²) in [5, 5.41) is 16.5. The first kappa shape index (κ1) is 24.8. The maximum atomic E-state index is 16.6. The molecule has 7 nitrogen and oxygen atoms in total. The van der Waals surface area contributed by atoms with Crippen molar-refractivity contribution in [3.63, 3.8) is 0 Å². The minimum atomic E-state index is -0.544. The number of rotatable bonds is 5. The zero-order chi connectivity index (χ0) is 26.7. The average molecular weight is 548 g/mol. The molecule has 1 aromatic heterocycles. The number of benzene rings is 3. The van der Waals surface area contributed by atoms with Crippen molar-refractivity contribution in [2.24, 2.45) is 0 Å². The number of likely N-dealkylation sites (N-methyl/N-ethyl adjacent to an activating group) is 1. The highest BCUT2D eigenvalue weighted by Gasteiger charge is 2.34. The molecule has 2 N–H and O–H groups in total. The topological polar surface area (TPSA) is 73.8 Å². The van der Waals surface area contributed by atoms with Gasteiger partial charge in [-0.15, -0.1) is 0 Å². The third kappa shape index (κ3) is 4.44. The number of nitrogens with zero attached hydrogens (tertiary/aromatic N) is 4. The summed E-state index contributed by atoms with van der Waals surface area (Å²) in [4.78, 5) is 13.9. The number of hydrogen-bond acceptors (Lipinski definition) is 7. The molecule has 3 aromatic carbocycles. The molecule has 0 amide bonds. The Morgan fingerprint density at radius 2 is 1.87 bits per heavy atom. The second kappa shape index (κ2) is 9.77. The van der Waals surface area contributed by atoms with Crippen LogP contribution in [0, 0.1) is 5.82 Å². The molecular weight excluding hydrogens is 517 g/mol. The summed E-state index contributed by atoms with van der Waals surface area (Å²) in [6, 6.07) is 13.8. The lowest BCUT2D eigenvalue weighted by Crippen LogP contribution is -2.51. The first-order valence-electron chi connectivity index (χ1n) is 13.7. The molecule has 0 aliphatic carbocycles. The van der Waals surface area contributed by atoms with Crippen molar-refractivity contribution in [2.45, 2.75) is 43.8 Å². The van der Waals surface area contributed by atoms with Crippen LogP contribution in [-0.2, 0) is 0 Å². The molecule has 202 valence electrons. The predicted octanol–water partition coefficient (Wildman–Crippen LogP) is 5.36. The number of aromatic hydroxyl groups is 1. The summed E-state index contributed by atoms with van der Waals surface area (Å²) < 4.78 is 22.8.